The molecule has 1 aliphatic carbocycles. The zero-order valence-corrected chi connectivity index (χ0v) is 10.9. The predicted octanol–water partition coefficient (Wildman–Crippen LogP) is 2.07. The van der Waals surface area contributed by atoms with E-state index in [-0.39, 0.29) is 11.9 Å². The van der Waals surface area contributed by atoms with Gasteiger partial charge in [-0.2, -0.15) is 0 Å². The smallest absolute Gasteiger partial charge is 0.236 e. The second-order valence-corrected chi connectivity index (χ2v) is 4.97. The Labute approximate surface area is 99.4 Å². The normalized spacial score (nSPS) is 21.4. The number of nitrogens with one attached hydrogen (secondary N) is 2. The topological polar surface area (TPSA) is 41.1 Å². The molecule has 94 valence electrons. The van der Waals surface area contributed by atoms with Crippen LogP contribution < -0.4 is 10.6 Å². The van der Waals surface area contributed by atoms with Crippen molar-refractivity contribution in [3.8, 4) is 0 Å². The Kier molecular flexibility index (Phi) is 5.81. The van der Waals surface area contributed by atoms with E-state index in [1.54, 1.807) is 0 Å². The fourth-order valence-corrected chi connectivity index (χ4v) is 2.57. The molecule has 0 saturated heterocycles. The van der Waals surface area contributed by atoms with E-state index in [0.29, 0.717) is 12.6 Å². The number of hydrogen-bond donors (Lipinski definition) is 2. The van der Waals surface area contributed by atoms with Crippen molar-refractivity contribution in [1.29, 1.82) is 0 Å². The maximum Gasteiger partial charge on any atom is 0.236 e. The largest absolute Gasteiger partial charge is 0.355 e. The molecule has 0 aromatic heterocycles. The van der Waals surface area contributed by atoms with Crippen LogP contribution in [0.25, 0.3) is 0 Å². The monoisotopic (exact) mass is 226 g/mol. The van der Waals surface area contributed by atoms with Gasteiger partial charge in [0.05, 0.1) is 6.04 Å². The summed E-state index contributed by atoms with van der Waals surface area (Å²) in [5, 5.41) is 6.27. The molecule has 0 spiro atoms. The van der Waals surface area contributed by atoms with Crippen molar-refractivity contribution in [2.24, 2.45) is 5.92 Å². The third-order valence-electron chi connectivity index (χ3n) is 3.61. The third kappa shape index (κ3) is 4.12. The van der Waals surface area contributed by atoms with Crippen LogP contribution in [-0.4, -0.2) is 24.5 Å². The summed E-state index contributed by atoms with van der Waals surface area (Å²) in [5.41, 5.74) is 0. The van der Waals surface area contributed by atoms with Crippen LogP contribution in [0, 0.1) is 5.92 Å². The molecule has 2 N–H and O–H groups in total. The van der Waals surface area contributed by atoms with Crippen molar-refractivity contribution in [3.63, 3.8) is 0 Å². The zero-order chi connectivity index (χ0) is 12.0. The summed E-state index contributed by atoms with van der Waals surface area (Å²) in [6.45, 7) is 6.83. The Balaban J connectivity index is 2.31. The maximum atomic E-state index is 11.6. The molecule has 1 aliphatic rings. The minimum Gasteiger partial charge on any atom is -0.355 e. The van der Waals surface area contributed by atoms with E-state index in [0.717, 1.165) is 5.92 Å². The van der Waals surface area contributed by atoms with E-state index in [9.17, 15) is 4.79 Å². The molecular formula is C13H26N2O. The fourth-order valence-electron chi connectivity index (χ4n) is 2.57. The predicted molar refractivity (Wildman–Crippen MR) is 67.3 cm³/mol. The summed E-state index contributed by atoms with van der Waals surface area (Å²) in [7, 11) is 0. The van der Waals surface area contributed by atoms with Gasteiger partial charge < -0.3 is 10.6 Å². The summed E-state index contributed by atoms with van der Waals surface area (Å²) in [6.07, 6.45) is 6.72. The van der Waals surface area contributed by atoms with Crippen LogP contribution in [0.1, 0.15) is 52.9 Å². The first-order valence-corrected chi connectivity index (χ1v) is 6.69. The first-order valence-electron chi connectivity index (χ1n) is 6.69. The summed E-state index contributed by atoms with van der Waals surface area (Å²) >= 11 is 0. The number of rotatable bonds is 5. The quantitative estimate of drug-likeness (QED) is 0.753. The molecule has 1 saturated carbocycles. The number of carbonyl (C=O) groups excluding carboxylic acids is 1. The van der Waals surface area contributed by atoms with E-state index in [1.807, 2.05) is 13.8 Å². The lowest BCUT2D eigenvalue weighted by Crippen LogP contribution is -2.48. The molecule has 0 aromatic carbocycles. The molecule has 1 rings (SSSR count). The van der Waals surface area contributed by atoms with Gasteiger partial charge in [-0.15, -0.1) is 0 Å². The van der Waals surface area contributed by atoms with Crippen LogP contribution in [0.5, 0.6) is 0 Å². The Morgan fingerprint density at radius 3 is 2.44 bits per heavy atom. The van der Waals surface area contributed by atoms with Crippen molar-refractivity contribution in [2.45, 2.75) is 65.0 Å². The first-order chi connectivity index (χ1) is 7.65. The van der Waals surface area contributed by atoms with Gasteiger partial charge in [-0.3, -0.25) is 4.79 Å². The lowest BCUT2D eigenvalue weighted by Gasteiger charge is -2.30. The third-order valence-corrected chi connectivity index (χ3v) is 3.61. The number of likely N-dealkylation sites (N-methyl/N-ethyl adjacent to an activating group) is 1. The molecule has 2 atom stereocenters. The second-order valence-electron chi connectivity index (χ2n) is 4.97. The molecule has 1 unspecified atom stereocenters. The highest BCUT2D eigenvalue weighted by molar-refractivity contribution is 5.81. The molecule has 3 nitrogen and oxygen atoms in total. The highest BCUT2D eigenvalue weighted by Crippen LogP contribution is 2.26. The lowest BCUT2D eigenvalue weighted by atomic mass is 9.84. The van der Waals surface area contributed by atoms with Gasteiger partial charge in [-0.05, 0) is 39.5 Å². The second kappa shape index (κ2) is 6.89. The number of hydrogen-bond acceptors (Lipinski definition) is 2. The summed E-state index contributed by atoms with van der Waals surface area (Å²) in [5.74, 6) is 0.871. The maximum absolute atomic E-state index is 11.6. The first kappa shape index (κ1) is 13.5. The highest BCUT2D eigenvalue weighted by atomic mass is 16.2. The van der Waals surface area contributed by atoms with Gasteiger partial charge in [0.2, 0.25) is 5.91 Å². The van der Waals surface area contributed by atoms with E-state index >= 15 is 0 Å². The summed E-state index contributed by atoms with van der Waals surface area (Å²) in [4.78, 5) is 11.6. The van der Waals surface area contributed by atoms with Crippen molar-refractivity contribution in [3.05, 3.63) is 0 Å². The average molecular weight is 226 g/mol. The van der Waals surface area contributed by atoms with Crippen LogP contribution in [0.3, 0.4) is 0 Å². The van der Waals surface area contributed by atoms with Crippen molar-refractivity contribution >= 4 is 5.91 Å². The Morgan fingerprint density at radius 2 is 1.88 bits per heavy atom. The molecule has 0 aliphatic heterocycles. The SMILES string of the molecule is CCNC(=O)C(C)N[C@H](C)C1CCCCC1. The molecule has 3 heteroatoms. The minimum absolute atomic E-state index is 0.0723. The van der Waals surface area contributed by atoms with Crippen LogP contribution in [0.4, 0.5) is 0 Å². The van der Waals surface area contributed by atoms with Crippen LogP contribution >= 0.6 is 0 Å². The van der Waals surface area contributed by atoms with Crippen molar-refractivity contribution in [2.75, 3.05) is 6.54 Å². The van der Waals surface area contributed by atoms with Gasteiger partial charge in [-0.1, -0.05) is 19.3 Å². The van der Waals surface area contributed by atoms with E-state index < -0.39 is 0 Å². The van der Waals surface area contributed by atoms with Gasteiger partial charge in [0, 0.05) is 12.6 Å². The molecular weight excluding hydrogens is 200 g/mol. The Bertz CT molecular complexity index is 212. The highest BCUT2D eigenvalue weighted by Gasteiger charge is 2.22. The van der Waals surface area contributed by atoms with E-state index in [4.69, 9.17) is 0 Å². The van der Waals surface area contributed by atoms with Crippen molar-refractivity contribution < 1.29 is 4.79 Å². The molecule has 0 radical (unpaired) electrons. The van der Waals surface area contributed by atoms with Gasteiger partial charge in [0.15, 0.2) is 0 Å². The van der Waals surface area contributed by atoms with Crippen LogP contribution in [0.15, 0.2) is 0 Å². The molecule has 0 aromatic rings. The van der Waals surface area contributed by atoms with E-state index in [1.165, 1.54) is 32.1 Å². The lowest BCUT2D eigenvalue weighted by molar-refractivity contribution is -0.122. The molecule has 1 amide bonds. The van der Waals surface area contributed by atoms with Crippen molar-refractivity contribution in [1.82, 2.24) is 10.6 Å². The average Bonchev–Trinajstić information content (AvgIpc) is 2.30. The van der Waals surface area contributed by atoms with E-state index in [2.05, 4.69) is 17.6 Å². The Hall–Kier alpha value is -0.570. The standard InChI is InChI=1S/C13H26N2O/c1-4-14-13(16)11(3)15-10(2)12-8-6-5-7-9-12/h10-12,15H,4-9H2,1-3H3,(H,14,16)/t10-,11?/m1/s1. The molecule has 0 bridgehead atoms. The summed E-state index contributed by atoms with van der Waals surface area (Å²) in [6, 6.07) is 0.384. The fraction of sp³-hybridized carbons (Fsp3) is 0.923. The van der Waals surface area contributed by atoms with Gasteiger partial charge in [-0.25, -0.2) is 0 Å². The summed E-state index contributed by atoms with van der Waals surface area (Å²) < 4.78 is 0. The van der Waals surface area contributed by atoms with Crippen LogP contribution in [-0.2, 0) is 4.79 Å². The van der Waals surface area contributed by atoms with Crippen LogP contribution in [0.2, 0.25) is 0 Å². The zero-order valence-electron chi connectivity index (χ0n) is 10.9. The van der Waals surface area contributed by atoms with Gasteiger partial charge in [0.1, 0.15) is 0 Å². The Morgan fingerprint density at radius 1 is 1.25 bits per heavy atom. The molecule has 0 heterocycles. The minimum atomic E-state index is -0.0723. The number of carbonyl (C=O) groups is 1. The van der Waals surface area contributed by atoms with Gasteiger partial charge >= 0.3 is 0 Å². The molecule has 16 heavy (non-hydrogen) atoms. The van der Waals surface area contributed by atoms with Gasteiger partial charge in [0.25, 0.3) is 0 Å². The number of amides is 1. The molecule has 1 fully saturated rings.